The van der Waals surface area contributed by atoms with E-state index >= 15 is 0 Å². The molecule has 3 amide bonds. The SMILES string of the molecule is CC1(CN2C(=O)NC(=O)CC23CCOC3)CCC2(CC1)OCCO2. The van der Waals surface area contributed by atoms with Crippen LogP contribution in [0.4, 0.5) is 4.79 Å². The first kappa shape index (κ1) is 16.3. The number of amides is 3. The lowest BCUT2D eigenvalue weighted by Gasteiger charge is -2.49. The molecule has 4 fully saturated rings. The summed E-state index contributed by atoms with van der Waals surface area (Å²) in [5, 5.41) is 2.48. The second-order valence-electron chi connectivity index (χ2n) is 8.06. The second kappa shape index (κ2) is 5.68. The quantitative estimate of drug-likeness (QED) is 0.824. The van der Waals surface area contributed by atoms with Crippen LogP contribution in [0.5, 0.6) is 0 Å². The lowest BCUT2D eigenvalue weighted by atomic mass is 9.72. The number of hydrogen-bond acceptors (Lipinski definition) is 5. The van der Waals surface area contributed by atoms with Gasteiger partial charge in [0.2, 0.25) is 5.91 Å². The lowest BCUT2D eigenvalue weighted by molar-refractivity contribution is -0.192. The van der Waals surface area contributed by atoms with Crippen molar-refractivity contribution in [2.24, 2.45) is 5.41 Å². The van der Waals surface area contributed by atoms with Crippen LogP contribution in [0.3, 0.4) is 0 Å². The third-order valence-corrected chi connectivity index (χ3v) is 6.21. The molecule has 24 heavy (non-hydrogen) atoms. The summed E-state index contributed by atoms with van der Waals surface area (Å²) in [6.07, 6.45) is 4.69. The van der Waals surface area contributed by atoms with Gasteiger partial charge in [0, 0.05) is 26.0 Å². The van der Waals surface area contributed by atoms with Gasteiger partial charge in [-0.05, 0) is 24.7 Å². The van der Waals surface area contributed by atoms with E-state index in [1.807, 2.05) is 4.90 Å². The molecule has 1 unspecified atom stereocenters. The summed E-state index contributed by atoms with van der Waals surface area (Å²) in [6.45, 7) is 5.28. The van der Waals surface area contributed by atoms with Crippen molar-refractivity contribution >= 4 is 11.9 Å². The first-order chi connectivity index (χ1) is 11.4. The molecule has 1 aliphatic carbocycles. The maximum Gasteiger partial charge on any atom is 0.324 e. The summed E-state index contributed by atoms with van der Waals surface area (Å²) in [7, 11) is 0. The van der Waals surface area contributed by atoms with Gasteiger partial charge in [-0.25, -0.2) is 4.79 Å². The first-order valence-corrected chi connectivity index (χ1v) is 8.92. The summed E-state index contributed by atoms with van der Waals surface area (Å²) in [5.74, 6) is -0.587. The number of imide groups is 1. The Balaban J connectivity index is 1.48. The van der Waals surface area contributed by atoms with Gasteiger partial charge in [-0.1, -0.05) is 6.92 Å². The molecular formula is C17H26N2O5. The molecule has 7 nitrogen and oxygen atoms in total. The standard InChI is InChI=1S/C17H26N2O5/c1-15(2-4-17(5-3-15)23-8-9-24-17)11-19-14(21)18-13(20)10-16(19)6-7-22-12-16/h2-12H2,1H3,(H,18,20,21). The molecule has 3 heterocycles. The molecule has 2 spiro atoms. The number of ether oxygens (including phenoxy) is 3. The molecule has 4 rings (SSSR count). The first-order valence-electron chi connectivity index (χ1n) is 8.92. The molecule has 1 saturated carbocycles. The number of urea groups is 1. The van der Waals surface area contributed by atoms with E-state index in [0.29, 0.717) is 39.4 Å². The smallest absolute Gasteiger partial charge is 0.324 e. The zero-order chi connectivity index (χ0) is 16.8. The van der Waals surface area contributed by atoms with Gasteiger partial charge in [0.1, 0.15) is 0 Å². The Bertz CT molecular complexity index is 527. The van der Waals surface area contributed by atoms with Crippen LogP contribution in [-0.2, 0) is 19.0 Å². The molecule has 3 saturated heterocycles. The maximum atomic E-state index is 12.5. The second-order valence-corrected chi connectivity index (χ2v) is 8.06. The van der Waals surface area contributed by atoms with Crippen LogP contribution in [0.15, 0.2) is 0 Å². The number of nitrogens with one attached hydrogen (secondary N) is 1. The van der Waals surface area contributed by atoms with Crippen LogP contribution in [0.2, 0.25) is 0 Å². The Morgan fingerprint density at radius 2 is 1.75 bits per heavy atom. The largest absolute Gasteiger partial charge is 0.379 e. The molecule has 0 radical (unpaired) electrons. The van der Waals surface area contributed by atoms with Crippen LogP contribution in [0, 0.1) is 5.41 Å². The molecule has 0 aromatic rings. The Morgan fingerprint density at radius 3 is 2.38 bits per heavy atom. The van der Waals surface area contributed by atoms with Crippen molar-refractivity contribution in [2.75, 3.05) is 33.0 Å². The highest BCUT2D eigenvalue weighted by molar-refractivity contribution is 5.98. The minimum absolute atomic E-state index is 0.00782. The van der Waals surface area contributed by atoms with Crippen molar-refractivity contribution in [3.8, 4) is 0 Å². The number of carbonyl (C=O) groups excluding carboxylic acids is 2. The van der Waals surface area contributed by atoms with E-state index < -0.39 is 11.3 Å². The third-order valence-electron chi connectivity index (χ3n) is 6.21. The average Bonchev–Trinajstić information content (AvgIpc) is 3.18. The summed E-state index contributed by atoms with van der Waals surface area (Å²) >= 11 is 0. The molecule has 1 atom stereocenters. The monoisotopic (exact) mass is 338 g/mol. The Hall–Kier alpha value is -1.18. The van der Waals surface area contributed by atoms with Crippen LogP contribution >= 0.6 is 0 Å². The zero-order valence-electron chi connectivity index (χ0n) is 14.3. The van der Waals surface area contributed by atoms with Crippen LogP contribution in [0.25, 0.3) is 0 Å². The Labute approximate surface area is 142 Å². The van der Waals surface area contributed by atoms with E-state index in [-0.39, 0.29) is 17.4 Å². The Kier molecular flexibility index (Phi) is 3.85. The van der Waals surface area contributed by atoms with Crippen LogP contribution in [0.1, 0.15) is 45.4 Å². The van der Waals surface area contributed by atoms with E-state index in [9.17, 15) is 9.59 Å². The number of carbonyl (C=O) groups is 2. The molecule has 134 valence electrons. The highest BCUT2D eigenvalue weighted by Gasteiger charge is 2.52. The predicted molar refractivity (Wildman–Crippen MR) is 84.2 cm³/mol. The third kappa shape index (κ3) is 2.72. The van der Waals surface area contributed by atoms with Gasteiger partial charge in [0.05, 0.1) is 31.8 Å². The van der Waals surface area contributed by atoms with Gasteiger partial charge >= 0.3 is 6.03 Å². The van der Waals surface area contributed by atoms with Gasteiger partial charge in [-0.3, -0.25) is 10.1 Å². The highest BCUT2D eigenvalue weighted by Crippen LogP contribution is 2.46. The van der Waals surface area contributed by atoms with Gasteiger partial charge < -0.3 is 19.1 Å². The minimum Gasteiger partial charge on any atom is -0.379 e. The fourth-order valence-corrected chi connectivity index (χ4v) is 4.59. The summed E-state index contributed by atoms with van der Waals surface area (Å²) in [5.41, 5.74) is -0.453. The van der Waals surface area contributed by atoms with Crippen molar-refractivity contribution in [3.05, 3.63) is 0 Å². The van der Waals surface area contributed by atoms with Crippen molar-refractivity contribution in [1.29, 1.82) is 0 Å². The molecule has 0 bridgehead atoms. The average molecular weight is 338 g/mol. The molecule has 4 aliphatic rings. The van der Waals surface area contributed by atoms with Gasteiger partial charge in [0.25, 0.3) is 0 Å². The predicted octanol–water partition coefficient (Wildman–Crippen LogP) is 1.41. The van der Waals surface area contributed by atoms with Crippen molar-refractivity contribution in [3.63, 3.8) is 0 Å². The summed E-state index contributed by atoms with van der Waals surface area (Å²) in [6, 6.07) is -0.272. The summed E-state index contributed by atoms with van der Waals surface area (Å²) < 4.78 is 17.2. The normalized spacial score (nSPS) is 35.0. The van der Waals surface area contributed by atoms with E-state index in [1.165, 1.54) is 0 Å². The number of rotatable bonds is 2. The van der Waals surface area contributed by atoms with E-state index in [2.05, 4.69) is 12.2 Å². The van der Waals surface area contributed by atoms with Crippen molar-refractivity contribution in [2.45, 2.75) is 56.8 Å². The van der Waals surface area contributed by atoms with Crippen LogP contribution < -0.4 is 5.32 Å². The molecule has 1 N–H and O–H groups in total. The molecular weight excluding hydrogens is 312 g/mol. The Morgan fingerprint density at radius 1 is 1.04 bits per heavy atom. The number of nitrogens with zero attached hydrogens (tertiary/aromatic N) is 1. The molecule has 3 aliphatic heterocycles. The highest BCUT2D eigenvalue weighted by atomic mass is 16.7. The minimum atomic E-state index is -0.460. The fourth-order valence-electron chi connectivity index (χ4n) is 4.59. The fraction of sp³-hybridized carbons (Fsp3) is 0.882. The summed E-state index contributed by atoms with van der Waals surface area (Å²) in [4.78, 5) is 26.3. The molecule has 0 aromatic heterocycles. The zero-order valence-corrected chi connectivity index (χ0v) is 14.3. The van der Waals surface area contributed by atoms with Gasteiger partial charge in [0.15, 0.2) is 5.79 Å². The van der Waals surface area contributed by atoms with Crippen molar-refractivity contribution in [1.82, 2.24) is 10.2 Å². The van der Waals surface area contributed by atoms with Crippen LogP contribution in [-0.4, -0.2) is 61.1 Å². The number of hydrogen-bond donors (Lipinski definition) is 1. The maximum absolute atomic E-state index is 12.5. The lowest BCUT2D eigenvalue weighted by Crippen LogP contribution is -2.65. The van der Waals surface area contributed by atoms with E-state index in [1.54, 1.807) is 0 Å². The topological polar surface area (TPSA) is 77.1 Å². The molecule has 7 heteroatoms. The van der Waals surface area contributed by atoms with E-state index in [4.69, 9.17) is 14.2 Å². The van der Waals surface area contributed by atoms with E-state index in [0.717, 1.165) is 32.1 Å². The molecule has 0 aromatic carbocycles. The van der Waals surface area contributed by atoms with Gasteiger partial charge in [-0.15, -0.1) is 0 Å². The van der Waals surface area contributed by atoms with Crippen molar-refractivity contribution < 1.29 is 23.8 Å². The van der Waals surface area contributed by atoms with Gasteiger partial charge in [-0.2, -0.15) is 0 Å².